The van der Waals surface area contributed by atoms with Gasteiger partial charge < -0.3 is 15.0 Å². The summed E-state index contributed by atoms with van der Waals surface area (Å²) in [7, 11) is 0. The van der Waals surface area contributed by atoms with E-state index >= 15 is 0 Å². The molecule has 25 heavy (non-hydrogen) atoms. The molecule has 0 saturated carbocycles. The quantitative estimate of drug-likeness (QED) is 0.669. The van der Waals surface area contributed by atoms with Crippen molar-refractivity contribution in [3.05, 3.63) is 60.8 Å². The zero-order chi connectivity index (χ0) is 17.8. The molecule has 0 spiro atoms. The normalized spacial score (nSPS) is 11.7. The number of anilines is 3. The fraction of sp³-hybridized carbons (Fsp3) is 0. The van der Waals surface area contributed by atoms with E-state index in [2.05, 4.69) is 9.71 Å². The Morgan fingerprint density at radius 1 is 1.16 bits per heavy atom. The van der Waals surface area contributed by atoms with Crippen LogP contribution in [-0.4, -0.2) is 19.8 Å². The van der Waals surface area contributed by atoms with Gasteiger partial charge in [-0.1, -0.05) is 41.7 Å². The molecule has 0 fully saturated rings. The highest BCUT2D eigenvalue weighted by atomic mass is 32.2. The number of benzene rings is 2. The van der Waals surface area contributed by atoms with Gasteiger partial charge in [-0.2, -0.15) is 0 Å². The molecule has 3 aromatic rings. The van der Waals surface area contributed by atoms with Crippen molar-refractivity contribution >= 4 is 45.1 Å². The fourth-order valence-electron chi connectivity index (χ4n) is 2.21. The van der Waals surface area contributed by atoms with Gasteiger partial charge in [-0.05, 0) is 29.8 Å². The number of hydrogen-bond acceptors (Lipinski definition) is 5. The van der Waals surface area contributed by atoms with Gasteiger partial charge in [-0.15, -0.1) is 0 Å². The molecule has 1 heterocycles. The predicted octanol–water partition coefficient (Wildman–Crippen LogP) is 3.23. The Balaban J connectivity index is 1.90. The molecule has 0 bridgehead atoms. The van der Waals surface area contributed by atoms with Gasteiger partial charge >= 0.3 is 6.03 Å². The molecule has 0 aliphatic heterocycles. The first-order chi connectivity index (χ1) is 12.0. The summed E-state index contributed by atoms with van der Waals surface area (Å²) in [5, 5.41) is 0.430. The number of nitrogens with one attached hydrogen (secondary N) is 1. The maximum atomic E-state index is 11.9. The third kappa shape index (κ3) is 4.02. The summed E-state index contributed by atoms with van der Waals surface area (Å²) in [6.45, 7) is 0. The molecule has 0 radical (unpaired) electrons. The van der Waals surface area contributed by atoms with Crippen LogP contribution in [0.2, 0.25) is 0 Å². The highest BCUT2D eigenvalue weighted by Gasteiger charge is 2.19. The van der Waals surface area contributed by atoms with E-state index in [1.807, 2.05) is 30.3 Å². The minimum Gasteiger partial charge on any atom is -0.755 e. The Morgan fingerprint density at radius 3 is 2.44 bits per heavy atom. The molecule has 128 valence electrons. The van der Waals surface area contributed by atoms with Crippen LogP contribution in [0.15, 0.2) is 60.8 Å². The molecule has 1 unspecified atom stereocenters. The Labute approximate surface area is 150 Å². The van der Waals surface area contributed by atoms with Crippen molar-refractivity contribution < 1.29 is 13.6 Å². The molecule has 2 aromatic carbocycles. The lowest BCUT2D eigenvalue weighted by molar-refractivity contribution is 0.256. The molecule has 2 amide bonds. The monoisotopic (exact) mass is 373 g/mol. The van der Waals surface area contributed by atoms with E-state index in [1.165, 1.54) is 28.4 Å². The zero-order valence-corrected chi connectivity index (χ0v) is 14.4. The lowest BCUT2D eigenvalue weighted by Gasteiger charge is -2.18. The van der Waals surface area contributed by atoms with Crippen molar-refractivity contribution in [1.29, 1.82) is 0 Å². The van der Waals surface area contributed by atoms with Gasteiger partial charge in [0, 0.05) is 23.2 Å². The average Bonchev–Trinajstić information content (AvgIpc) is 3.06. The average molecular weight is 373 g/mol. The number of rotatable bonds is 5. The molecule has 3 N–H and O–H groups in total. The predicted molar refractivity (Wildman–Crippen MR) is 98.3 cm³/mol. The Kier molecular flexibility index (Phi) is 5.08. The highest BCUT2D eigenvalue weighted by Crippen LogP contribution is 2.34. The second-order valence-corrected chi connectivity index (χ2v) is 6.61. The summed E-state index contributed by atoms with van der Waals surface area (Å²) in [6, 6.07) is 15.2. The molecule has 9 heteroatoms. The topological polar surface area (TPSA) is 111 Å². The number of amides is 2. The second-order valence-electron chi connectivity index (χ2n) is 4.93. The molecular weight excluding hydrogens is 360 g/mol. The molecule has 7 nitrogen and oxygen atoms in total. The molecule has 3 rings (SSSR count). The molecule has 0 aliphatic rings. The Hall–Kier alpha value is -2.75. The lowest BCUT2D eigenvalue weighted by atomic mass is 10.2. The van der Waals surface area contributed by atoms with Crippen molar-refractivity contribution in [2.45, 2.75) is 0 Å². The summed E-state index contributed by atoms with van der Waals surface area (Å²) in [5.74, 6) is 0. The van der Waals surface area contributed by atoms with Gasteiger partial charge in [0.1, 0.15) is 0 Å². The zero-order valence-electron chi connectivity index (χ0n) is 12.8. The molecule has 0 saturated heterocycles. The number of hydrogen-bond donors (Lipinski definition) is 2. The first-order valence-electron chi connectivity index (χ1n) is 7.11. The van der Waals surface area contributed by atoms with E-state index in [1.54, 1.807) is 18.3 Å². The van der Waals surface area contributed by atoms with Gasteiger partial charge in [-0.25, -0.2) is 14.7 Å². The van der Waals surface area contributed by atoms with E-state index in [-0.39, 0.29) is 0 Å². The standard InChI is InChI=1S/C16H14N4O3S2/c17-15(21)20(13-8-6-12(7-9-13)19-25(22)23)16-18-10-14(24-16)11-4-2-1-3-5-11/h1-10,19H,(H2,17,21)(H,22,23)/p-1. The number of thiazole rings is 1. The number of nitrogens with two attached hydrogens (primary N) is 1. The summed E-state index contributed by atoms with van der Waals surface area (Å²) in [6.07, 6.45) is 1.68. The van der Waals surface area contributed by atoms with Gasteiger partial charge in [0.15, 0.2) is 5.13 Å². The number of nitrogens with zero attached hydrogens (tertiary/aromatic N) is 2. The largest absolute Gasteiger partial charge is 0.755 e. The third-order valence-corrected chi connectivity index (χ3v) is 4.72. The Morgan fingerprint density at radius 2 is 1.84 bits per heavy atom. The van der Waals surface area contributed by atoms with Crippen molar-refractivity contribution in [2.75, 3.05) is 9.62 Å². The SMILES string of the molecule is NC(=O)N(c1ccc(NS(=O)[O-])cc1)c1ncc(-c2ccccc2)s1. The third-order valence-electron chi connectivity index (χ3n) is 3.29. The van der Waals surface area contributed by atoms with Crippen LogP contribution < -0.4 is 15.4 Å². The smallest absolute Gasteiger partial charge is 0.325 e. The number of aromatic nitrogens is 1. The van der Waals surface area contributed by atoms with Crippen LogP contribution in [0.1, 0.15) is 0 Å². The van der Waals surface area contributed by atoms with E-state index in [0.717, 1.165) is 10.4 Å². The van der Waals surface area contributed by atoms with Gasteiger partial charge in [0.05, 0.1) is 10.6 Å². The maximum Gasteiger partial charge on any atom is 0.325 e. The minimum absolute atomic E-state index is 0.380. The van der Waals surface area contributed by atoms with Crippen LogP contribution in [0.3, 0.4) is 0 Å². The van der Waals surface area contributed by atoms with Crippen molar-refractivity contribution in [2.24, 2.45) is 5.73 Å². The van der Waals surface area contributed by atoms with Gasteiger partial charge in [0.25, 0.3) is 0 Å². The van der Waals surface area contributed by atoms with Crippen LogP contribution in [0.5, 0.6) is 0 Å². The summed E-state index contributed by atoms with van der Waals surface area (Å²) in [4.78, 5) is 18.4. The first kappa shape index (κ1) is 17.1. The molecule has 1 aromatic heterocycles. The van der Waals surface area contributed by atoms with Crippen LogP contribution in [0.25, 0.3) is 10.4 Å². The number of primary amides is 1. The van der Waals surface area contributed by atoms with Crippen molar-refractivity contribution in [1.82, 2.24) is 4.98 Å². The number of carbonyl (C=O) groups excluding carboxylic acids is 1. The summed E-state index contributed by atoms with van der Waals surface area (Å²) in [5.41, 5.74) is 7.37. The molecular formula is C16H13N4O3S2-. The molecule has 1 atom stereocenters. The molecule has 0 aliphatic carbocycles. The van der Waals surface area contributed by atoms with Crippen molar-refractivity contribution in [3.8, 4) is 10.4 Å². The van der Waals surface area contributed by atoms with E-state index in [0.29, 0.717) is 16.5 Å². The summed E-state index contributed by atoms with van der Waals surface area (Å²) < 4.78 is 23.5. The highest BCUT2D eigenvalue weighted by molar-refractivity contribution is 7.80. The van der Waals surface area contributed by atoms with Crippen LogP contribution >= 0.6 is 11.3 Å². The summed E-state index contributed by atoms with van der Waals surface area (Å²) >= 11 is -1.08. The van der Waals surface area contributed by atoms with Crippen LogP contribution in [-0.2, 0) is 11.3 Å². The van der Waals surface area contributed by atoms with Gasteiger partial charge in [-0.3, -0.25) is 4.21 Å². The lowest BCUT2D eigenvalue weighted by Crippen LogP contribution is -2.31. The first-order valence-corrected chi connectivity index (χ1v) is 9.00. The van der Waals surface area contributed by atoms with E-state index in [4.69, 9.17) is 5.73 Å². The Bertz CT molecular complexity index is 897. The fourth-order valence-corrected chi connectivity index (χ4v) is 3.49. The van der Waals surface area contributed by atoms with Crippen LogP contribution in [0.4, 0.5) is 21.3 Å². The number of carbonyl (C=O) groups is 1. The van der Waals surface area contributed by atoms with E-state index < -0.39 is 17.3 Å². The number of urea groups is 1. The second kappa shape index (κ2) is 7.43. The van der Waals surface area contributed by atoms with Crippen molar-refractivity contribution in [3.63, 3.8) is 0 Å². The van der Waals surface area contributed by atoms with E-state index in [9.17, 15) is 13.6 Å². The van der Waals surface area contributed by atoms with Crippen LogP contribution in [0, 0.1) is 0 Å². The maximum absolute atomic E-state index is 11.9. The minimum atomic E-state index is -2.41. The van der Waals surface area contributed by atoms with Gasteiger partial charge in [0.2, 0.25) is 0 Å².